The molecule has 1 aromatic carbocycles. The first-order chi connectivity index (χ1) is 15.3. The lowest BCUT2D eigenvalue weighted by molar-refractivity contribution is -0.128. The van der Waals surface area contributed by atoms with Crippen molar-refractivity contribution in [1.29, 1.82) is 0 Å². The largest absolute Gasteiger partial charge is 0.373 e. The van der Waals surface area contributed by atoms with E-state index in [1.165, 1.54) is 27.7 Å². The minimum absolute atomic E-state index is 0.0281. The van der Waals surface area contributed by atoms with Gasteiger partial charge in [-0.1, -0.05) is 12.1 Å². The second kappa shape index (κ2) is 8.90. The van der Waals surface area contributed by atoms with Crippen molar-refractivity contribution in [3.05, 3.63) is 52.6 Å². The van der Waals surface area contributed by atoms with Gasteiger partial charge in [0, 0.05) is 57.3 Å². The highest BCUT2D eigenvalue weighted by atomic mass is 16.2. The Balaban J connectivity index is 1.66. The minimum atomic E-state index is 0.0281. The summed E-state index contributed by atoms with van der Waals surface area (Å²) >= 11 is 0. The SMILES string of the molecule is CNc1cc(CN(C)C(C)=O)nc([C@H]2CCCN2Cc2c(C)n(C)c3cc(C)ccc23)n1. The smallest absolute Gasteiger partial charge is 0.219 e. The summed E-state index contributed by atoms with van der Waals surface area (Å²) < 4.78 is 2.30. The molecule has 0 saturated carbocycles. The summed E-state index contributed by atoms with van der Waals surface area (Å²) in [7, 11) is 5.83. The first-order valence-electron chi connectivity index (χ1n) is 11.3. The van der Waals surface area contributed by atoms with E-state index in [1.54, 1.807) is 18.9 Å². The van der Waals surface area contributed by atoms with Gasteiger partial charge >= 0.3 is 0 Å². The van der Waals surface area contributed by atoms with Crippen molar-refractivity contribution in [2.75, 3.05) is 26.0 Å². The second-order valence-electron chi connectivity index (χ2n) is 9.00. The maximum absolute atomic E-state index is 11.7. The number of likely N-dealkylation sites (tertiary alicyclic amines) is 1. The Hall–Kier alpha value is -2.93. The van der Waals surface area contributed by atoms with Crippen LogP contribution in [0.2, 0.25) is 0 Å². The molecule has 7 heteroatoms. The Morgan fingerprint density at radius 1 is 1.25 bits per heavy atom. The molecule has 1 saturated heterocycles. The lowest BCUT2D eigenvalue weighted by Gasteiger charge is -2.25. The standard InChI is InChI=1S/C25H34N6O/c1-16-9-10-20-21(17(2)30(6)23(20)12-16)15-31-11-7-8-22(31)25-27-19(13-24(26-4)28-25)14-29(5)18(3)32/h9-10,12-13,22H,7-8,11,14-15H2,1-6H3,(H,26,27,28)/t22-/m1/s1. The fourth-order valence-electron chi connectivity index (χ4n) is 4.69. The number of aryl methyl sites for hydroxylation is 2. The van der Waals surface area contributed by atoms with Gasteiger partial charge in [-0.2, -0.15) is 0 Å². The maximum atomic E-state index is 11.7. The van der Waals surface area contributed by atoms with Crippen LogP contribution in [0.1, 0.15) is 54.1 Å². The molecule has 1 N–H and O–H groups in total. The van der Waals surface area contributed by atoms with Crippen molar-refractivity contribution in [3.8, 4) is 0 Å². The number of anilines is 1. The number of hydrogen-bond acceptors (Lipinski definition) is 5. The molecule has 170 valence electrons. The molecular weight excluding hydrogens is 400 g/mol. The fraction of sp³-hybridized carbons (Fsp3) is 0.480. The Morgan fingerprint density at radius 3 is 2.75 bits per heavy atom. The molecule has 2 aromatic heterocycles. The van der Waals surface area contributed by atoms with Gasteiger partial charge in [0.05, 0.1) is 18.3 Å². The van der Waals surface area contributed by atoms with E-state index in [9.17, 15) is 4.79 Å². The zero-order valence-electron chi connectivity index (χ0n) is 20.1. The second-order valence-corrected chi connectivity index (χ2v) is 9.00. The summed E-state index contributed by atoms with van der Waals surface area (Å²) in [6.07, 6.45) is 2.17. The zero-order valence-corrected chi connectivity index (χ0v) is 20.1. The van der Waals surface area contributed by atoms with Gasteiger partial charge in [0.15, 0.2) is 0 Å². The van der Waals surface area contributed by atoms with Gasteiger partial charge in [-0.05, 0) is 50.4 Å². The molecule has 0 spiro atoms. The topological polar surface area (TPSA) is 66.3 Å². The van der Waals surface area contributed by atoms with Crippen molar-refractivity contribution >= 4 is 22.6 Å². The highest BCUT2D eigenvalue weighted by molar-refractivity contribution is 5.86. The van der Waals surface area contributed by atoms with E-state index < -0.39 is 0 Å². The van der Waals surface area contributed by atoms with E-state index in [-0.39, 0.29) is 11.9 Å². The van der Waals surface area contributed by atoms with Crippen LogP contribution in [-0.4, -0.2) is 50.9 Å². The molecule has 0 bridgehead atoms. The molecule has 3 heterocycles. The summed E-state index contributed by atoms with van der Waals surface area (Å²) in [5, 5.41) is 4.49. The van der Waals surface area contributed by atoms with Gasteiger partial charge in [0.25, 0.3) is 0 Å². The Kier molecular flexibility index (Phi) is 6.20. The minimum Gasteiger partial charge on any atom is -0.373 e. The van der Waals surface area contributed by atoms with Crippen LogP contribution in [0.15, 0.2) is 24.3 Å². The molecule has 3 aromatic rings. The third-order valence-corrected chi connectivity index (χ3v) is 6.79. The quantitative estimate of drug-likeness (QED) is 0.637. The van der Waals surface area contributed by atoms with Crippen molar-refractivity contribution in [3.63, 3.8) is 0 Å². The molecule has 0 radical (unpaired) electrons. The molecule has 1 aliphatic heterocycles. The number of amides is 1. The first kappa shape index (κ1) is 22.3. The van der Waals surface area contributed by atoms with Gasteiger partial charge in [-0.25, -0.2) is 9.97 Å². The van der Waals surface area contributed by atoms with E-state index in [0.717, 1.165) is 43.3 Å². The van der Waals surface area contributed by atoms with E-state index in [2.05, 4.69) is 53.9 Å². The lowest BCUT2D eigenvalue weighted by Crippen LogP contribution is -2.27. The molecule has 0 aliphatic carbocycles. The maximum Gasteiger partial charge on any atom is 0.219 e. The van der Waals surface area contributed by atoms with E-state index >= 15 is 0 Å². The summed E-state index contributed by atoms with van der Waals surface area (Å²) in [6.45, 7) is 8.32. The molecule has 0 unspecified atom stereocenters. The molecule has 4 rings (SSSR count). The number of nitrogens with one attached hydrogen (secondary N) is 1. The Morgan fingerprint density at radius 2 is 2.03 bits per heavy atom. The zero-order chi connectivity index (χ0) is 23.0. The first-order valence-corrected chi connectivity index (χ1v) is 11.3. The van der Waals surface area contributed by atoms with Crippen molar-refractivity contribution in [2.24, 2.45) is 7.05 Å². The van der Waals surface area contributed by atoms with Gasteiger partial charge in [0.2, 0.25) is 5.91 Å². The monoisotopic (exact) mass is 434 g/mol. The van der Waals surface area contributed by atoms with Crippen LogP contribution in [0.5, 0.6) is 0 Å². The van der Waals surface area contributed by atoms with Crippen LogP contribution >= 0.6 is 0 Å². The van der Waals surface area contributed by atoms with Crippen molar-refractivity contribution in [1.82, 2.24) is 24.3 Å². The summed E-state index contributed by atoms with van der Waals surface area (Å²) in [4.78, 5) is 25.6. The summed E-state index contributed by atoms with van der Waals surface area (Å²) in [5.41, 5.74) is 6.13. The average Bonchev–Trinajstić information content (AvgIpc) is 3.32. The summed E-state index contributed by atoms with van der Waals surface area (Å²) in [5.74, 6) is 1.67. The lowest BCUT2D eigenvalue weighted by atomic mass is 10.1. The summed E-state index contributed by atoms with van der Waals surface area (Å²) in [6, 6.07) is 8.82. The van der Waals surface area contributed by atoms with Crippen LogP contribution in [0, 0.1) is 13.8 Å². The predicted molar refractivity (Wildman–Crippen MR) is 129 cm³/mol. The number of rotatable bonds is 6. The van der Waals surface area contributed by atoms with Crippen molar-refractivity contribution < 1.29 is 4.79 Å². The molecule has 1 atom stereocenters. The molecule has 32 heavy (non-hydrogen) atoms. The molecule has 1 fully saturated rings. The van der Waals surface area contributed by atoms with Gasteiger partial charge in [0.1, 0.15) is 11.6 Å². The van der Waals surface area contributed by atoms with E-state index in [0.29, 0.717) is 6.54 Å². The van der Waals surface area contributed by atoms with Gasteiger partial charge < -0.3 is 14.8 Å². The normalized spacial score (nSPS) is 16.6. The number of carbonyl (C=O) groups excluding carboxylic acids is 1. The van der Waals surface area contributed by atoms with Crippen LogP contribution in [-0.2, 0) is 24.9 Å². The fourth-order valence-corrected chi connectivity index (χ4v) is 4.69. The number of aromatic nitrogens is 3. The number of nitrogens with zero attached hydrogens (tertiary/aromatic N) is 5. The average molecular weight is 435 g/mol. The molecular formula is C25H34N6O. The number of hydrogen-bond donors (Lipinski definition) is 1. The third kappa shape index (κ3) is 4.21. The molecule has 1 aliphatic rings. The van der Waals surface area contributed by atoms with Crippen LogP contribution in [0.25, 0.3) is 10.9 Å². The number of carbonyl (C=O) groups is 1. The van der Waals surface area contributed by atoms with Crippen molar-refractivity contribution in [2.45, 2.75) is 52.7 Å². The highest BCUT2D eigenvalue weighted by Gasteiger charge is 2.30. The van der Waals surface area contributed by atoms with E-state index in [1.807, 2.05) is 13.1 Å². The highest BCUT2D eigenvalue weighted by Crippen LogP contribution is 2.35. The predicted octanol–water partition coefficient (Wildman–Crippen LogP) is 3.94. The number of fused-ring (bicyclic) bond motifs is 1. The van der Waals surface area contributed by atoms with Crippen LogP contribution in [0.3, 0.4) is 0 Å². The van der Waals surface area contributed by atoms with E-state index in [4.69, 9.17) is 9.97 Å². The van der Waals surface area contributed by atoms with Gasteiger partial charge in [-0.3, -0.25) is 9.69 Å². The molecule has 1 amide bonds. The Bertz CT molecular complexity index is 1150. The van der Waals surface area contributed by atoms with Gasteiger partial charge in [-0.15, -0.1) is 0 Å². The Labute approximate surface area is 190 Å². The number of benzene rings is 1. The van der Waals surface area contributed by atoms with Crippen LogP contribution < -0.4 is 5.32 Å². The van der Waals surface area contributed by atoms with Crippen LogP contribution in [0.4, 0.5) is 5.82 Å². The molecule has 7 nitrogen and oxygen atoms in total. The third-order valence-electron chi connectivity index (χ3n) is 6.79.